The molecule has 2 aromatic heterocycles. The van der Waals surface area contributed by atoms with Crippen molar-refractivity contribution in [3.8, 4) is 28.0 Å². The minimum Gasteiger partial charge on any atom is -0.494 e. The second-order valence-electron chi connectivity index (χ2n) is 12.2. The zero-order valence-corrected chi connectivity index (χ0v) is 26.9. The van der Waals surface area contributed by atoms with E-state index in [0.717, 1.165) is 111 Å². The van der Waals surface area contributed by atoms with Crippen LogP contribution < -0.4 is 4.74 Å². The van der Waals surface area contributed by atoms with Crippen molar-refractivity contribution in [1.29, 1.82) is 0 Å². The van der Waals surface area contributed by atoms with Gasteiger partial charge in [-0.2, -0.15) is 0 Å². The highest BCUT2D eigenvalue weighted by Crippen LogP contribution is 2.50. The van der Waals surface area contributed by atoms with Gasteiger partial charge in [0.1, 0.15) is 28.1 Å². The number of ether oxygens (including phenoxy) is 2. The van der Waals surface area contributed by atoms with Crippen LogP contribution in [-0.2, 0) is 11.2 Å². The van der Waals surface area contributed by atoms with Crippen LogP contribution in [0, 0.1) is 0 Å². The average Bonchev–Trinajstić information content (AvgIpc) is 3.66. The molecule has 2 heterocycles. The molecular weight excluding hydrogens is 568 g/mol. The van der Waals surface area contributed by atoms with Gasteiger partial charge in [0.15, 0.2) is 0 Å². The topological polar surface area (TPSA) is 44.7 Å². The van der Waals surface area contributed by atoms with Crippen molar-refractivity contribution in [2.45, 2.75) is 58.8 Å². The molecule has 0 N–H and O–H groups in total. The van der Waals surface area contributed by atoms with Crippen LogP contribution in [0.4, 0.5) is 0 Å². The van der Waals surface area contributed by atoms with Gasteiger partial charge in [0, 0.05) is 45.9 Å². The predicted molar refractivity (Wildman–Crippen MR) is 191 cm³/mol. The van der Waals surface area contributed by atoms with Crippen LogP contribution in [0.2, 0.25) is 0 Å². The molecule has 234 valence electrons. The summed E-state index contributed by atoms with van der Waals surface area (Å²) in [6.45, 7) is 6.68. The first-order chi connectivity index (χ1) is 22.8. The number of unbranched alkanes of at least 4 members (excludes halogenated alkanes) is 3. The number of furan rings is 2. The van der Waals surface area contributed by atoms with Crippen LogP contribution in [-0.4, -0.2) is 19.8 Å². The molecule has 7 aromatic rings. The summed E-state index contributed by atoms with van der Waals surface area (Å²) in [6, 6.07) is 34.0. The van der Waals surface area contributed by atoms with Crippen molar-refractivity contribution >= 4 is 43.9 Å². The lowest BCUT2D eigenvalue weighted by molar-refractivity contribution is 0.132. The maximum Gasteiger partial charge on any atom is 0.144 e. The van der Waals surface area contributed by atoms with E-state index in [1.54, 1.807) is 0 Å². The molecule has 0 amide bonds. The highest BCUT2D eigenvalue weighted by molar-refractivity contribution is 6.30. The highest BCUT2D eigenvalue weighted by Gasteiger charge is 2.26. The Morgan fingerprint density at radius 1 is 0.543 bits per heavy atom. The van der Waals surface area contributed by atoms with E-state index >= 15 is 0 Å². The van der Waals surface area contributed by atoms with Crippen molar-refractivity contribution < 1.29 is 18.3 Å². The van der Waals surface area contributed by atoms with E-state index in [9.17, 15) is 0 Å². The van der Waals surface area contributed by atoms with Gasteiger partial charge in [-0.05, 0) is 72.7 Å². The molecular formula is C42H42O4. The fourth-order valence-corrected chi connectivity index (χ4v) is 6.65. The molecule has 46 heavy (non-hydrogen) atoms. The first-order valence-corrected chi connectivity index (χ1v) is 17.0. The van der Waals surface area contributed by atoms with Gasteiger partial charge in [0.2, 0.25) is 0 Å². The lowest BCUT2D eigenvalue weighted by Crippen LogP contribution is -1.97. The van der Waals surface area contributed by atoms with Crippen molar-refractivity contribution in [2.75, 3.05) is 19.8 Å². The van der Waals surface area contributed by atoms with E-state index in [4.69, 9.17) is 18.3 Å². The van der Waals surface area contributed by atoms with Crippen LogP contribution >= 0.6 is 0 Å². The summed E-state index contributed by atoms with van der Waals surface area (Å²) in [5, 5.41) is 4.28. The van der Waals surface area contributed by atoms with Crippen LogP contribution in [0.25, 0.3) is 66.1 Å². The third kappa shape index (κ3) is 5.90. The van der Waals surface area contributed by atoms with Gasteiger partial charge in [-0.15, -0.1) is 0 Å². The highest BCUT2D eigenvalue weighted by atomic mass is 16.5. The zero-order valence-electron chi connectivity index (χ0n) is 26.9. The van der Waals surface area contributed by atoms with Crippen LogP contribution in [0.3, 0.4) is 0 Å². The van der Waals surface area contributed by atoms with Gasteiger partial charge in [-0.1, -0.05) is 99.8 Å². The number of benzene rings is 5. The molecule has 0 atom stereocenters. The van der Waals surface area contributed by atoms with E-state index in [0.29, 0.717) is 6.61 Å². The first-order valence-electron chi connectivity index (χ1n) is 17.0. The van der Waals surface area contributed by atoms with Gasteiger partial charge in [0.25, 0.3) is 0 Å². The van der Waals surface area contributed by atoms with E-state index in [1.807, 2.05) is 6.07 Å². The minimum absolute atomic E-state index is 0.711. The van der Waals surface area contributed by atoms with Crippen LogP contribution in [0.1, 0.15) is 57.9 Å². The Morgan fingerprint density at radius 2 is 1.17 bits per heavy atom. The molecule has 0 bridgehead atoms. The van der Waals surface area contributed by atoms with E-state index in [2.05, 4.69) is 105 Å². The predicted octanol–water partition coefficient (Wildman–Crippen LogP) is 12.1. The summed E-state index contributed by atoms with van der Waals surface area (Å²) >= 11 is 0. The van der Waals surface area contributed by atoms with Crippen molar-refractivity contribution in [3.05, 3.63) is 103 Å². The monoisotopic (exact) mass is 610 g/mol. The smallest absolute Gasteiger partial charge is 0.144 e. The van der Waals surface area contributed by atoms with E-state index in [-0.39, 0.29) is 0 Å². The maximum atomic E-state index is 6.87. The maximum absolute atomic E-state index is 6.87. The second-order valence-corrected chi connectivity index (χ2v) is 12.2. The van der Waals surface area contributed by atoms with Crippen LogP contribution in [0.15, 0.2) is 106 Å². The van der Waals surface area contributed by atoms with Crippen molar-refractivity contribution in [2.24, 2.45) is 0 Å². The van der Waals surface area contributed by atoms with Gasteiger partial charge < -0.3 is 18.3 Å². The molecule has 0 fully saturated rings. The molecule has 0 aliphatic heterocycles. The van der Waals surface area contributed by atoms with Gasteiger partial charge >= 0.3 is 0 Å². The normalized spacial score (nSPS) is 11.8. The van der Waals surface area contributed by atoms with Gasteiger partial charge in [-0.3, -0.25) is 0 Å². The molecule has 0 radical (unpaired) electrons. The molecule has 4 nitrogen and oxygen atoms in total. The Balaban J connectivity index is 1.47. The zero-order chi connectivity index (χ0) is 31.3. The lowest BCUT2D eigenvalue weighted by atomic mass is 9.90. The number of aryl methyl sites for hydroxylation is 1. The van der Waals surface area contributed by atoms with Gasteiger partial charge in [-0.25, -0.2) is 0 Å². The summed E-state index contributed by atoms with van der Waals surface area (Å²) in [4.78, 5) is 0. The molecule has 4 heteroatoms. The Bertz CT molecular complexity index is 1920. The SMILES string of the molecule is CCCCCCOc1ccc2oc3c(-c4ccccc4)c4c(oc5ccc(CCCOCCC)cc54)c(-c4ccccc4)c3c2c1. The third-order valence-electron chi connectivity index (χ3n) is 8.86. The average molecular weight is 611 g/mol. The van der Waals surface area contributed by atoms with E-state index < -0.39 is 0 Å². The van der Waals surface area contributed by atoms with Crippen LogP contribution in [0.5, 0.6) is 5.75 Å². The Morgan fingerprint density at radius 3 is 1.80 bits per heavy atom. The summed E-state index contributed by atoms with van der Waals surface area (Å²) in [6.07, 6.45) is 7.67. The minimum atomic E-state index is 0.711. The molecule has 0 saturated heterocycles. The Labute approximate surface area is 270 Å². The summed E-state index contributed by atoms with van der Waals surface area (Å²) in [7, 11) is 0. The Hall–Kier alpha value is -4.54. The third-order valence-corrected chi connectivity index (χ3v) is 8.86. The number of hydrogen-bond donors (Lipinski definition) is 0. The second kappa shape index (κ2) is 13.8. The largest absolute Gasteiger partial charge is 0.494 e. The lowest BCUT2D eigenvalue weighted by Gasteiger charge is -2.11. The fraction of sp³-hybridized carbons (Fsp3) is 0.286. The molecule has 0 aliphatic carbocycles. The molecule has 5 aromatic carbocycles. The fourth-order valence-electron chi connectivity index (χ4n) is 6.65. The van der Waals surface area contributed by atoms with Gasteiger partial charge in [0.05, 0.1) is 6.61 Å². The quantitative estimate of drug-likeness (QED) is 0.115. The van der Waals surface area contributed by atoms with Crippen molar-refractivity contribution in [1.82, 2.24) is 0 Å². The molecule has 0 aliphatic rings. The standard InChI is InChI=1S/C42H42O4/c1-3-5-6-13-26-44-32-21-23-36-34(28-32)40-38(31-18-11-8-12-19-31)41-39(37(42(40)46-36)30-16-9-7-10-17-30)33-27-29(20-22-35(33)45-41)15-14-25-43-24-4-2/h7-12,16-23,27-28H,3-6,13-15,24-26H2,1-2H3. The summed E-state index contributed by atoms with van der Waals surface area (Å²) in [5.74, 6) is 0.865. The first kappa shape index (κ1) is 30.1. The molecule has 0 spiro atoms. The van der Waals surface area contributed by atoms with Crippen molar-refractivity contribution in [3.63, 3.8) is 0 Å². The number of fused-ring (bicyclic) bond motifs is 6. The molecule has 7 rings (SSSR count). The summed E-state index contributed by atoms with van der Waals surface area (Å²) in [5.41, 5.74) is 9.05. The summed E-state index contributed by atoms with van der Waals surface area (Å²) < 4.78 is 25.8. The van der Waals surface area contributed by atoms with E-state index in [1.165, 1.54) is 24.8 Å². The molecule has 0 saturated carbocycles. The Kier molecular flexibility index (Phi) is 9.07. The molecule has 0 unspecified atom stereocenters. The number of rotatable bonds is 14. The number of hydrogen-bond acceptors (Lipinski definition) is 4.